The number of carbonyl (C=O) groups is 4. The molecule has 0 aromatic rings. The van der Waals surface area contributed by atoms with Gasteiger partial charge in [-0.1, -0.05) is 25.0 Å². The minimum atomic E-state index is -1.17. The molecule has 0 bridgehead atoms. The van der Waals surface area contributed by atoms with E-state index >= 15 is 0 Å². The maximum atomic E-state index is 11.8. The molecule has 15 heteroatoms. The molecule has 163 valence electrons. The molecule has 13 nitrogen and oxygen atoms in total. The van der Waals surface area contributed by atoms with Crippen LogP contribution >= 0.6 is 0 Å². The number of amides is 3. The van der Waals surface area contributed by atoms with E-state index in [2.05, 4.69) is 20.9 Å². The van der Waals surface area contributed by atoms with Gasteiger partial charge in [-0.25, -0.2) is 0 Å². The Morgan fingerprint density at radius 3 is 2.38 bits per heavy atom. The Bertz CT molecular complexity index is 577. The molecule has 0 aromatic carbocycles. The van der Waals surface area contributed by atoms with Gasteiger partial charge < -0.3 is 60.5 Å². The number of carbonyl (C=O) groups excluding carboxylic acids is 3. The van der Waals surface area contributed by atoms with Crippen LogP contribution in [0.2, 0.25) is 0 Å². The third-order valence-corrected chi connectivity index (χ3v) is 3.33. The molecule has 0 aliphatic rings. The Morgan fingerprint density at radius 2 is 1.86 bits per heavy atom. The Kier molecular flexibility index (Phi) is 18.0. The summed E-state index contributed by atoms with van der Waals surface area (Å²) >= 11 is 5.65. The topological polar surface area (TPSA) is 234 Å². The molecule has 29 heavy (non-hydrogen) atoms. The second kappa shape index (κ2) is 18.0. The zero-order chi connectivity index (χ0) is 22.8. The molecular formula is C14H23N7O6STc. The van der Waals surface area contributed by atoms with E-state index in [1.165, 1.54) is 0 Å². The van der Waals surface area contributed by atoms with Crippen molar-refractivity contribution in [3.63, 3.8) is 0 Å². The summed E-state index contributed by atoms with van der Waals surface area (Å²) in [5, 5.41) is 17.8. The van der Waals surface area contributed by atoms with Crippen molar-refractivity contribution < 1.29 is 46.6 Å². The van der Waals surface area contributed by atoms with Crippen molar-refractivity contribution in [3.05, 3.63) is 16.4 Å². The molecule has 0 aromatic heterocycles. The molecule has 0 fully saturated rings. The molecule has 2 atom stereocenters. The van der Waals surface area contributed by atoms with Crippen molar-refractivity contribution in [1.29, 1.82) is 0 Å². The summed E-state index contributed by atoms with van der Waals surface area (Å²) in [5.41, 5.74) is 17.9. The predicted octanol–water partition coefficient (Wildman–Crippen LogP) is -1.35. The molecule has 0 heterocycles. The second-order valence-corrected chi connectivity index (χ2v) is 5.63. The SMILES string of the molecule is [NH-]C(CCCN=C(N)N)C(=O)[N-]CC(=O)[N-]C(C[S-])C(=O)NCCC(=O)O.[O]=[Tc+4]. The summed E-state index contributed by atoms with van der Waals surface area (Å²) < 4.78 is 8.22. The van der Waals surface area contributed by atoms with Gasteiger partial charge in [0.15, 0.2) is 5.96 Å². The Balaban J connectivity index is 0. The maximum absolute atomic E-state index is 11.8. The number of aliphatic imine (C=N–C) groups is 1. The van der Waals surface area contributed by atoms with Crippen LogP contribution in [0.5, 0.6) is 0 Å². The van der Waals surface area contributed by atoms with E-state index in [4.69, 9.17) is 38.4 Å². The molecule has 0 aliphatic heterocycles. The summed E-state index contributed by atoms with van der Waals surface area (Å²) in [5.74, 6) is -3.65. The number of hydrogen-bond donors (Lipinski definition) is 4. The monoisotopic (exact) mass is 514 g/mol. The zero-order valence-corrected chi connectivity index (χ0v) is 18.1. The first kappa shape index (κ1) is 29.1. The number of carboxylic acid groups (broad SMARTS) is 1. The summed E-state index contributed by atoms with van der Waals surface area (Å²) in [6.07, 6.45) is 0.299. The number of rotatable bonds is 13. The van der Waals surface area contributed by atoms with Gasteiger partial charge in [-0.15, -0.1) is 0 Å². The molecule has 0 saturated heterocycles. The number of nitrogens with zero attached hydrogens (tertiary/aromatic N) is 3. The van der Waals surface area contributed by atoms with Crippen molar-refractivity contribution >= 4 is 42.3 Å². The molecule has 7 N–H and O–H groups in total. The standard InChI is InChI=1S/C14H26N7O5S.O.Tc/c15-8(2-1-4-19-14(16)17)12(25)20-6-10(22)21-9(7-27)13(26)18-5-3-11(23)24;;/h8-9,15H,1-7H2,(H9,16,17,18,19,20,21,22,23,24,25,26,27);;/q-1;;+4/p-3. The number of nitrogens with two attached hydrogens (primary N) is 2. The molecule has 0 radical (unpaired) electrons. The van der Waals surface area contributed by atoms with E-state index in [-0.39, 0.29) is 37.6 Å². The molecule has 0 rings (SSSR count). The molecule has 0 spiro atoms. The van der Waals surface area contributed by atoms with Crippen LogP contribution in [0.25, 0.3) is 16.4 Å². The fourth-order valence-electron chi connectivity index (χ4n) is 1.68. The molecule has 0 aliphatic carbocycles. The van der Waals surface area contributed by atoms with Gasteiger partial charge in [0.1, 0.15) is 0 Å². The van der Waals surface area contributed by atoms with Crippen LogP contribution in [0.3, 0.4) is 0 Å². The minimum absolute atomic E-state index is 0.0805. The second-order valence-electron chi connectivity index (χ2n) is 5.30. The van der Waals surface area contributed by atoms with Gasteiger partial charge in [-0.3, -0.25) is 14.6 Å². The van der Waals surface area contributed by atoms with E-state index < -0.39 is 42.3 Å². The van der Waals surface area contributed by atoms with Crippen molar-refractivity contribution in [2.24, 2.45) is 16.5 Å². The van der Waals surface area contributed by atoms with Crippen molar-refractivity contribution in [1.82, 2.24) is 5.32 Å². The molecule has 3 amide bonds. The average Bonchev–Trinajstić information content (AvgIpc) is 2.68. The van der Waals surface area contributed by atoms with Crippen LogP contribution in [0.1, 0.15) is 19.3 Å². The predicted molar refractivity (Wildman–Crippen MR) is 102 cm³/mol. The van der Waals surface area contributed by atoms with Crippen LogP contribution in [-0.2, 0) is 54.2 Å². The van der Waals surface area contributed by atoms with Crippen molar-refractivity contribution in [2.45, 2.75) is 31.3 Å². The average molecular weight is 515 g/mol. The Morgan fingerprint density at radius 1 is 1.24 bits per heavy atom. The van der Waals surface area contributed by atoms with Crippen LogP contribution in [0.4, 0.5) is 0 Å². The molecular weight excluding hydrogens is 492 g/mol. The van der Waals surface area contributed by atoms with E-state index in [0.29, 0.717) is 6.42 Å². The summed E-state index contributed by atoms with van der Waals surface area (Å²) in [6, 6.07) is -2.32. The Hall–Kier alpha value is -2.09. The van der Waals surface area contributed by atoms with Gasteiger partial charge in [-0.2, -0.15) is 5.75 Å². The van der Waals surface area contributed by atoms with Gasteiger partial charge in [0.2, 0.25) is 5.91 Å². The first-order valence-electron chi connectivity index (χ1n) is 8.12. The summed E-state index contributed by atoms with van der Waals surface area (Å²) in [6.45, 7) is -0.444. The first-order valence-corrected chi connectivity index (χ1v) is 9.45. The first-order chi connectivity index (χ1) is 13.7. The van der Waals surface area contributed by atoms with Gasteiger partial charge >= 0.3 is 28.3 Å². The summed E-state index contributed by atoms with van der Waals surface area (Å²) in [7, 11) is 0. The number of nitrogens with one attached hydrogen (secondary N) is 2. The third-order valence-electron chi connectivity index (χ3n) is 3.01. The van der Waals surface area contributed by atoms with Gasteiger partial charge in [0.25, 0.3) is 0 Å². The van der Waals surface area contributed by atoms with Crippen LogP contribution in [-0.4, -0.2) is 72.2 Å². The van der Waals surface area contributed by atoms with Gasteiger partial charge in [0, 0.05) is 24.9 Å². The van der Waals surface area contributed by atoms with E-state index in [1.54, 1.807) is 0 Å². The van der Waals surface area contributed by atoms with Gasteiger partial charge in [0.05, 0.1) is 6.42 Å². The van der Waals surface area contributed by atoms with Gasteiger partial charge in [-0.05, 0) is 6.42 Å². The fraction of sp³-hybridized carbons (Fsp3) is 0.643. The molecule has 0 saturated carbocycles. The van der Waals surface area contributed by atoms with Crippen molar-refractivity contribution in [3.8, 4) is 0 Å². The Labute approximate surface area is 183 Å². The number of carboxylic acids is 1. The van der Waals surface area contributed by atoms with E-state index in [1.807, 2.05) is 0 Å². The fourth-order valence-corrected chi connectivity index (χ4v) is 1.91. The number of aliphatic carboxylic acids is 1. The zero-order valence-electron chi connectivity index (χ0n) is 15.4. The summed E-state index contributed by atoms with van der Waals surface area (Å²) in [4.78, 5) is 49.3. The third kappa shape index (κ3) is 16.6. The quantitative estimate of drug-likeness (QED) is 0.0980. The van der Waals surface area contributed by atoms with Crippen LogP contribution in [0, 0.1) is 0 Å². The molecule has 2 unspecified atom stereocenters. The van der Waals surface area contributed by atoms with Crippen LogP contribution < -0.4 is 16.8 Å². The normalized spacial score (nSPS) is 11.7. The number of guanidine groups is 1. The van der Waals surface area contributed by atoms with E-state index in [9.17, 15) is 19.2 Å². The van der Waals surface area contributed by atoms with Crippen LogP contribution in [0.15, 0.2) is 4.99 Å². The number of hydrogen-bond acceptors (Lipinski definition) is 7. The van der Waals surface area contributed by atoms with Crippen molar-refractivity contribution in [2.75, 3.05) is 25.4 Å². The van der Waals surface area contributed by atoms with E-state index in [0.717, 1.165) is 18.9 Å².